The van der Waals surface area contributed by atoms with Crippen LogP contribution in [0.4, 0.5) is 5.82 Å². The Kier molecular flexibility index (Phi) is 7.07. The molecule has 0 unspecified atom stereocenters. The van der Waals surface area contributed by atoms with Crippen molar-refractivity contribution in [1.82, 2.24) is 19.9 Å². The topological polar surface area (TPSA) is 91.2 Å². The number of hydrogen-bond donors (Lipinski definition) is 2. The van der Waals surface area contributed by atoms with Gasteiger partial charge in [0, 0.05) is 42.7 Å². The van der Waals surface area contributed by atoms with E-state index in [2.05, 4.69) is 25.2 Å². The number of carbonyl (C=O) groups excluding carboxylic acids is 1. The predicted molar refractivity (Wildman–Crippen MR) is 125 cm³/mol. The Labute approximate surface area is 188 Å². The van der Waals surface area contributed by atoms with Gasteiger partial charge in [-0.25, -0.2) is 9.97 Å². The van der Waals surface area contributed by atoms with E-state index in [4.69, 9.17) is 0 Å². The quantitative estimate of drug-likeness (QED) is 0.523. The molecule has 1 saturated heterocycles. The average Bonchev–Trinajstić information content (AvgIpc) is 2.79. The van der Waals surface area contributed by atoms with Crippen molar-refractivity contribution < 1.29 is 9.90 Å². The molecule has 0 spiro atoms. The largest absolute Gasteiger partial charge is 0.508 e. The van der Waals surface area contributed by atoms with Gasteiger partial charge in [0.25, 0.3) is 0 Å². The van der Waals surface area contributed by atoms with Gasteiger partial charge in [0.2, 0.25) is 0 Å². The maximum absolute atomic E-state index is 12.9. The number of nitrogens with zero attached hydrogens (tertiary/aromatic N) is 4. The van der Waals surface area contributed by atoms with Gasteiger partial charge < -0.3 is 15.3 Å². The molecule has 0 amide bonds. The second-order valence-corrected chi connectivity index (χ2v) is 8.30. The lowest BCUT2D eigenvalue weighted by Crippen LogP contribution is -2.33. The van der Waals surface area contributed by atoms with Crippen molar-refractivity contribution in [2.75, 3.05) is 31.5 Å². The number of rotatable bonds is 8. The maximum atomic E-state index is 12.9. The molecule has 2 aromatic heterocycles. The number of phenolic OH excluding ortho intramolecular Hbond substituents is 1. The smallest absolute Gasteiger partial charge is 0.168 e. The summed E-state index contributed by atoms with van der Waals surface area (Å²) in [4.78, 5) is 28.8. The molecule has 7 heteroatoms. The molecule has 0 radical (unpaired) electrons. The highest BCUT2D eigenvalue weighted by Crippen LogP contribution is 2.20. The summed E-state index contributed by atoms with van der Waals surface area (Å²) in [5.41, 5.74) is 2.75. The normalized spacial score (nSPS) is 14.3. The lowest BCUT2D eigenvalue weighted by atomic mass is 10.0. The highest BCUT2D eigenvalue weighted by molar-refractivity contribution is 5.98. The number of phenols is 1. The van der Waals surface area contributed by atoms with E-state index in [1.54, 1.807) is 24.5 Å². The second-order valence-electron chi connectivity index (χ2n) is 8.30. The van der Waals surface area contributed by atoms with Gasteiger partial charge in [-0.05, 0) is 68.8 Å². The molecule has 0 atom stereocenters. The fourth-order valence-corrected chi connectivity index (χ4v) is 4.02. The lowest BCUT2D eigenvalue weighted by molar-refractivity contribution is 0.0991. The van der Waals surface area contributed by atoms with Crippen LogP contribution in [0.3, 0.4) is 0 Å². The van der Waals surface area contributed by atoms with Gasteiger partial charge in [0.15, 0.2) is 11.6 Å². The van der Waals surface area contributed by atoms with E-state index in [0.717, 1.165) is 37.3 Å². The molecule has 1 aliphatic heterocycles. The maximum Gasteiger partial charge on any atom is 0.168 e. The number of anilines is 1. The number of piperidine rings is 1. The van der Waals surface area contributed by atoms with Gasteiger partial charge in [-0.2, -0.15) is 0 Å². The third-order valence-corrected chi connectivity index (χ3v) is 5.61. The number of pyridine rings is 1. The summed E-state index contributed by atoms with van der Waals surface area (Å²) in [6.45, 7) is 5.89. The number of likely N-dealkylation sites (tertiary alicyclic amines) is 1. The van der Waals surface area contributed by atoms with E-state index < -0.39 is 0 Å². The lowest BCUT2D eigenvalue weighted by Gasteiger charge is -2.26. The molecule has 3 aromatic rings. The molecule has 1 aromatic carbocycles. The summed E-state index contributed by atoms with van der Waals surface area (Å²) in [6, 6.07) is 10.5. The highest BCUT2D eigenvalue weighted by atomic mass is 16.3. The van der Waals surface area contributed by atoms with Crippen molar-refractivity contribution in [1.29, 1.82) is 0 Å². The standard InChI is InChI=1S/C25H29N5O2/c1-18-12-20(14-22(31)13-18)23(32)15-21-16-24(27-8-11-30-9-3-2-4-10-30)29-25(28-21)19-6-5-7-26-17-19/h5-7,12-14,16-17,31H,2-4,8-11,15H2,1H3,(H,27,28,29). The zero-order valence-corrected chi connectivity index (χ0v) is 18.4. The summed E-state index contributed by atoms with van der Waals surface area (Å²) in [5.74, 6) is 1.23. The van der Waals surface area contributed by atoms with Crippen molar-refractivity contribution in [3.63, 3.8) is 0 Å². The van der Waals surface area contributed by atoms with Gasteiger partial charge in [-0.15, -0.1) is 0 Å². The Morgan fingerprint density at radius 2 is 1.97 bits per heavy atom. The van der Waals surface area contributed by atoms with Crippen LogP contribution >= 0.6 is 0 Å². The minimum Gasteiger partial charge on any atom is -0.508 e. The van der Waals surface area contributed by atoms with E-state index in [1.165, 1.54) is 25.3 Å². The second kappa shape index (κ2) is 10.3. The number of Topliss-reactive ketones (excluding diaryl/α,β-unsaturated/α-hetero) is 1. The number of aromatic hydroxyl groups is 1. The average molecular weight is 432 g/mol. The molecule has 32 heavy (non-hydrogen) atoms. The molecule has 0 bridgehead atoms. The monoisotopic (exact) mass is 431 g/mol. The van der Waals surface area contributed by atoms with E-state index in [9.17, 15) is 9.90 Å². The van der Waals surface area contributed by atoms with Crippen LogP contribution in [0.5, 0.6) is 5.75 Å². The Bertz CT molecular complexity index is 1040. The van der Waals surface area contributed by atoms with Crippen molar-refractivity contribution in [3.8, 4) is 17.1 Å². The van der Waals surface area contributed by atoms with Crippen LogP contribution in [0.1, 0.15) is 40.9 Å². The van der Waals surface area contributed by atoms with Crippen molar-refractivity contribution >= 4 is 11.6 Å². The molecule has 166 valence electrons. The first kappa shape index (κ1) is 21.9. The molecule has 0 aliphatic carbocycles. The van der Waals surface area contributed by atoms with E-state index in [1.807, 2.05) is 25.1 Å². The Balaban J connectivity index is 1.53. The van der Waals surface area contributed by atoms with Crippen LogP contribution < -0.4 is 5.32 Å². The molecule has 7 nitrogen and oxygen atoms in total. The zero-order valence-electron chi connectivity index (χ0n) is 18.4. The van der Waals surface area contributed by atoms with Gasteiger partial charge >= 0.3 is 0 Å². The molecule has 1 fully saturated rings. The molecular weight excluding hydrogens is 402 g/mol. The van der Waals surface area contributed by atoms with Crippen LogP contribution in [-0.4, -0.2) is 56.9 Å². The zero-order chi connectivity index (χ0) is 22.3. The summed E-state index contributed by atoms with van der Waals surface area (Å²) in [5, 5.41) is 13.3. The molecule has 0 saturated carbocycles. The fraction of sp³-hybridized carbons (Fsp3) is 0.360. The Morgan fingerprint density at radius 3 is 2.72 bits per heavy atom. The minimum atomic E-state index is -0.0981. The fourth-order valence-electron chi connectivity index (χ4n) is 4.02. The van der Waals surface area contributed by atoms with Gasteiger partial charge in [0.1, 0.15) is 11.6 Å². The first-order valence-corrected chi connectivity index (χ1v) is 11.2. The first-order valence-electron chi connectivity index (χ1n) is 11.2. The SMILES string of the molecule is Cc1cc(O)cc(C(=O)Cc2cc(NCCN3CCCCC3)nc(-c3cccnc3)n2)c1. The van der Waals surface area contributed by atoms with Crippen LogP contribution in [0, 0.1) is 6.92 Å². The summed E-state index contributed by atoms with van der Waals surface area (Å²) >= 11 is 0. The van der Waals surface area contributed by atoms with Crippen LogP contribution in [0.15, 0.2) is 48.8 Å². The Morgan fingerprint density at radius 1 is 1.12 bits per heavy atom. The summed E-state index contributed by atoms with van der Waals surface area (Å²) < 4.78 is 0. The molecule has 1 aliphatic rings. The van der Waals surface area contributed by atoms with E-state index in [0.29, 0.717) is 22.9 Å². The number of hydrogen-bond acceptors (Lipinski definition) is 7. The number of aromatic nitrogens is 3. The molecule has 2 N–H and O–H groups in total. The third-order valence-electron chi connectivity index (χ3n) is 5.61. The molecule has 3 heterocycles. The molecular formula is C25H29N5O2. The van der Waals surface area contributed by atoms with Crippen molar-refractivity contribution in [2.45, 2.75) is 32.6 Å². The number of nitrogens with one attached hydrogen (secondary N) is 1. The van der Waals surface area contributed by atoms with Crippen LogP contribution in [-0.2, 0) is 6.42 Å². The Hall–Kier alpha value is -3.32. The van der Waals surface area contributed by atoms with Gasteiger partial charge in [0.05, 0.1) is 12.1 Å². The first-order chi connectivity index (χ1) is 15.6. The van der Waals surface area contributed by atoms with Crippen molar-refractivity contribution in [2.24, 2.45) is 0 Å². The predicted octanol–water partition coefficient (Wildman–Crippen LogP) is 3.88. The van der Waals surface area contributed by atoms with E-state index >= 15 is 0 Å². The van der Waals surface area contributed by atoms with Crippen LogP contribution in [0.2, 0.25) is 0 Å². The summed E-state index contributed by atoms with van der Waals surface area (Å²) in [6.07, 6.45) is 7.40. The number of benzene rings is 1. The minimum absolute atomic E-state index is 0.0900. The van der Waals surface area contributed by atoms with Crippen molar-refractivity contribution in [3.05, 3.63) is 65.6 Å². The number of aryl methyl sites for hydroxylation is 1. The van der Waals surface area contributed by atoms with Gasteiger partial charge in [-0.3, -0.25) is 9.78 Å². The highest BCUT2D eigenvalue weighted by Gasteiger charge is 2.14. The van der Waals surface area contributed by atoms with E-state index in [-0.39, 0.29) is 18.0 Å². The van der Waals surface area contributed by atoms with Gasteiger partial charge in [-0.1, -0.05) is 6.42 Å². The third kappa shape index (κ3) is 5.88. The molecule has 4 rings (SSSR count). The van der Waals surface area contributed by atoms with Crippen LogP contribution in [0.25, 0.3) is 11.4 Å². The summed E-state index contributed by atoms with van der Waals surface area (Å²) in [7, 11) is 0. The number of carbonyl (C=O) groups is 1. The number of ketones is 1.